The van der Waals surface area contributed by atoms with Crippen molar-refractivity contribution in [2.75, 3.05) is 0 Å². The first-order chi connectivity index (χ1) is 0. The van der Waals surface area contributed by atoms with Crippen LogP contribution in [0.25, 0.3) is 0 Å². The smallest absolute Gasteiger partial charge is 0 e. The Balaban J connectivity index is 0. The van der Waals surface area contributed by atoms with E-state index >= 15 is 0 Å². The van der Waals surface area contributed by atoms with Crippen LogP contribution >= 0.6 is 27.0 Å². The van der Waals surface area contributed by atoms with E-state index in [1.807, 2.05) is 0 Å². The molecular formula is H4AuCdS2. The van der Waals surface area contributed by atoms with E-state index in [1.165, 1.54) is 0 Å². The van der Waals surface area contributed by atoms with Crippen LogP contribution in [0.2, 0.25) is 0 Å². The van der Waals surface area contributed by atoms with E-state index in [4.69, 9.17) is 0 Å². The van der Waals surface area contributed by atoms with Gasteiger partial charge in [0, 0.05) is 49.7 Å². The quantitative estimate of drug-likeness (QED) is 0.530. The summed E-state index contributed by atoms with van der Waals surface area (Å²) in [6.45, 7) is 0. The zero-order chi connectivity index (χ0) is 0. The summed E-state index contributed by atoms with van der Waals surface area (Å²) < 4.78 is 0. The SMILES string of the molecule is S.S.[Au].[Cd]. The molecule has 1 radical (unpaired) electrons. The van der Waals surface area contributed by atoms with Crippen LogP contribution in [0.1, 0.15) is 0 Å². The van der Waals surface area contributed by atoms with Crippen molar-refractivity contribution in [3.63, 3.8) is 0 Å². The normalized spacial score (nSPS) is 0. The summed E-state index contributed by atoms with van der Waals surface area (Å²) in [5.74, 6) is 0. The van der Waals surface area contributed by atoms with Gasteiger partial charge in [-0.05, 0) is 0 Å². The number of rotatable bonds is 0. The van der Waals surface area contributed by atoms with Gasteiger partial charge in [-0.3, -0.25) is 0 Å². The summed E-state index contributed by atoms with van der Waals surface area (Å²) in [5.41, 5.74) is 0. The molecule has 0 saturated heterocycles. The summed E-state index contributed by atoms with van der Waals surface area (Å²) in [6, 6.07) is 0. The minimum Gasteiger partial charge on any atom is -0.197 e. The van der Waals surface area contributed by atoms with Gasteiger partial charge in [-0.25, -0.2) is 0 Å². The molecule has 0 aliphatic rings. The minimum absolute atomic E-state index is 0. The Morgan fingerprint density at radius 3 is 0.750 bits per heavy atom. The van der Waals surface area contributed by atoms with Crippen LogP contribution in [0.4, 0.5) is 0 Å². The maximum atomic E-state index is 0. The molecule has 0 spiro atoms. The molecule has 4 heavy (non-hydrogen) atoms. The summed E-state index contributed by atoms with van der Waals surface area (Å²) in [7, 11) is 0. The maximum absolute atomic E-state index is 0. The van der Waals surface area contributed by atoms with Gasteiger partial charge < -0.3 is 0 Å². The fraction of sp³-hybridized carbons (Fsp3) is 0. The first-order valence-corrected chi connectivity index (χ1v) is 0. The van der Waals surface area contributed by atoms with E-state index < -0.39 is 0 Å². The summed E-state index contributed by atoms with van der Waals surface area (Å²) in [6.07, 6.45) is 0. The van der Waals surface area contributed by atoms with Crippen molar-refractivity contribution < 1.29 is 49.7 Å². The van der Waals surface area contributed by atoms with Gasteiger partial charge in [0.2, 0.25) is 0 Å². The molecular weight excluding hydrogens is 374 g/mol. The molecule has 0 heterocycles. The summed E-state index contributed by atoms with van der Waals surface area (Å²) in [4.78, 5) is 0. The largest absolute Gasteiger partial charge is 0.197 e. The molecule has 0 N–H and O–H groups in total. The van der Waals surface area contributed by atoms with Gasteiger partial charge in [0.25, 0.3) is 0 Å². The molecule has 0 fully saturated rings. The Labute approximate surface area is 75.7 Å². The molecule has 0 aliphatic heterocycles. The van der Waals surface area contributed by atoms with Gasteiger partial charge in [0.1, 0.15) is 0 Å². The van der Waals surface area contributed by atoms with E-state index in [-0.39, 0.29) is 76.7 Å². The minimum atomic E-state index is 0. The zero-order valence-corrected chi connectivity index (χ0v) is 10.2. The van der Waals surface area contributed by atoms with E-state index in [1.54, 1.807) is 0 Å². The molecule has 0 aromatic heterocycles. The fourth-order valence-corrected chi connectivity index (χ4v) is 0. The molecule has 0 nitrogen and oxygen atoms in total. The van der Waals surface area contributed by atoms with Crippen LogP contribution in [-0.2, 0) is 49.7 Å². The molecule has 0 saturated carbocycles. The van der Waals surface area contributed by atoms with Gasteiger partial charge in [-0.15, -0.1) is 0 Å². The van der Waals surface area contributed by atoms with Crippen molar-refractivity contribution >= 4 is 27.0 Å². The van der Waals surface area contributed by atoms with Crippen LogP contribution in [-0.4, -0.2) is 0 Å². The summed E-state index contributed by atoms with van der Waals surface area (Å²) >= 11 is 0. The molecule has 4 heteroatoms. The summed E-state index contributed by atoms with van der Waals surface area (Å²) in [5, 5.41) is 0. The van der Waals surface area contributed by atoms with E-state index in [0.29, 0.717) is 0 Å². The second-order valence-electron chi connectivity index (χ2n) is 0. The van der Waals surface area contributed by atoms with Crippen molar-refractivity contribution in [2.24, 2.45) is 0 Å². The monoisotopic (exact) mass is 379 g/mol. The van der Waals surface area contributed by atoms with E-state index in [9.17, 15) is 0 Å². The third-order valence-electron chi connectivity index (χ3n) is 0. The van der Waals surface area contributed by atoms with Gasteiger partial charge in [0.15, 0.2) is 0 Å². The molecule has 0 aromatic carbocycles. The Kier molecular flexibility index (Phi) is 150. The predicted molar refractivity (Wildman–Crippen MR) is 20.8 cm³/mol. The molecule has 0 atom stereocenters. The van der Waals surface area contributed by atoms with E-state index in [2.05, 4.69) is 0 Å². The molecule has 0 aliphatic carbocycles. The van der Waals surface area contributed by atoms with Crippen molar-refractivity contribution in [3.8, 4) is 0 Å². The molecule has 0 rings (SSSR count). The number of hydrogen-bond donors (Lipinski definition) is 0. The predicted octanol–water partition coefficient (Wildman–Crippen LogP) is 0.221. The zero-order valence-electron chi connectivity index (χ0n) is 2.01. The average molecular weight is 378 g/mol. The topological polar surface area (TPSA) is 0 Å². The first kappa shape index (κ1) is 32.8. The van der Waals surface area contributed by atoms with Gasteiger partial charge in [-0.2, -0.15) is 27.0 Å². The van der Waals surface area contributed by atoms with Crippen LogP contribution in [0.15, 0.2) is 0 Å². The van der Waals surface area contributed by atoms with Crippen molar-refractivity contribution in [1.29, 1.82) is 0 Å². The Morgan fingerprint density at radius 1 is 0.750 bits per heavy atom. The molecule has 0 unspecified atom stereocenters. The van der Waals surface area contributed by atoms with E-state index in [0.717, 1.165) is 0 Å². The van der Waals surface area contributed by atoms with Crippen molar-refractivity contribution in [3.05, 3.63) is 0 Å². The van der Waals surface area contributed by atoms with Crippen LogP contribution in [0.5, 0.6) is 0 Å². The Morgan fingerprint density at radius 2 is 0.750 bits per heavy atom. The number of hydrogen-bond acceptors (Lipinski definition) is 0. The van der Waals surface area contributed by atoms with Crippen LogP contribution < -0.4 is 0 Å². The third-order valence-corrected chi connectivity index (χ3v) is 0. The molecule has 0 aromatic rings. The van der Waals surface area contributed by atoms with Gasteiger partial charge in [0.05, 0.1) is 0 Å². The van der Waals surface area contributed by atoms with Gasteiger partial charge >= 0.3 is 0 Å². The average Bonchev–Trinajstić information content (AvgIpc) is 0. The standard InChI is InChI=1S/Au.Cd.2H2S/h;;2*1H2. The first-order valence-electron chi connectivity index (χ1n) is 0. The molecule has 0 amide bonds. The molecule has 0 bridgehead atoms. The molecule has 29 valence electrons. The second kappa shape index (κ2) is 18.3. The Bertz CT molecular complexity index is 6.00. The van der Waals surface area contributed by atoms with Crippen molar-refractivity contribution in [2.45, 2.75) is 0 Å². The van der Waals surface area contributed by atoms with Gasteiger partial charge in [-0.1, -0.05) is 0 Å². The second-order valence-corrected chi connectivity index (χ2v) is 0. The maximum Gasteiger partial charge on any atom is 0 e. The van der Waals surface area contributed by atoms with Crippen molar-refractivity contribution in [1.82, 2.24) is 0 Å². The third kappa shape index (κ3) is 8.84. The van der Waals surface area contributed by atoms with Crippen LogP contribution in [0.3, 0.4) is 0 Å². The Hall–Kier alpha value is 2.36. The fourth-order valence-electron chi connectivity index (χ4n) is 0. The van der Waals surface area contributed by atoms with Crippen LogP contribution in [0, 0.1) is 0 Å².